The third kappa shape index (κ3) is 4.43. The molecule has 32 heavy (non-hydrogen) atoms. The van der Waals surface area contributed by atoms with Gasteiger partial charge < -0.3 is 10.2 Å². The fourth-order valence-electron chi connectivity index (χ4n) is 3.85. The largest absolute Gasteiger partial charge is 0.409 e. The summed E-state index contributed by atoms with van der Waals surface area (Å²) >= 11 is 12.2. The number of hydrogen-bond donors (Lipinski definition) is 1. The standard InChI is InChI=1S/C22H20Cl2FN5O.ClH/c23-18-1-2-19(25)22(24)17(18)13-31-30-8-5-20-21(30)9-14(10-27-20)15-11-28-29(12-15)16-3-6-26-7-4-16;/h1-2,5,8-12,16,26H,3-4,6-7,13H2;1H. The van der Waals surface area contributed by atoms with Crippen molar-refractivity contribution in [3.63, 3.8) is 0 Å². The Morgan fingerprint density at radius 1 is 1.12 bits per heavy atom. The van der Waals surface area contributed by atoms with Crippen molar-refractivity contribution in [1.82, 2.24) is 24.8 Å². The van der Waals surface area contributed by atoms with Crippen LogP contribution in [0.5, 0.6) is 0 Å². The van der Waals surface area contributed by atoms with Crippen LogP contribution in [0.3, 0.4) is 0 Å². The van der Waals surface area contributed by atoms with Crippen molar-refractivity contribution >= 4 is 46.6 Å². The van der Waals surface area contributed by atoms with E-state index in [2.05, 4.69) is 21.6 Å². The number of nitrogens with one attached hydrogen (secondary N) is 1. The highest BCUT2D eigenvalue weighted by molar-refractivity contribution is 6.36. The summed E-state index contributed by atoms with van der Waals surface area (Å²) in [4.78, 5) is 10.4. The normalized spacial score (nSPS) is 14.5. The maximum Gasteiger partial charge on any atom is 0.143 e. The molecule has 168 valence electrons. The molecule has 0 bridgehead atoms. The lowest BCUT2D eigenvalue weighted by atomic mass is 10.1. The number of halogens is 4. The number of benzene rings is 1. The van der Waals surface area contributed by atoms with Crippen molar-refractivity contribution in [2.24, 2.45) is 0 Å². The fraction of sp³-hybridized carbons (Fsp3) is 0.273. The second-order valence-electron chi connectivity index (χ2n) is 7.56. The van der Waals surface area contributed by atoms with Gasteiger partial charge in [-0.25, -0.2) is 4.39 Å². The van der Waals surface area contributed by atoms with Crippen LogP contribution in [0.25, 0.3) is 22.2 Å². The first-order valence-electron chi connectivity index (χ1n) is 10.1. The van der Waals surface area contributed by atoms with E-state index in [0.717, 1.165) is 48.1 Å². The number of hydrogen-bond acceptors (Lipinski definition) is 4. The quantitative estimate of drug-likeness (QED) is 0.380. The van der Waals surface area contributed by atoms with Crippen LogP contribution in [0.15, 0.2) is 49.1 Å². The van der Waals surface area contributed by atoms with Gasteiger partial charge in [-0.1, -0.05) is 23.2 Å². The van der Waals surface area contributed by atoms with Crippen LogP contribution in [-0.4, -0.2) is 32.6 Å². The molecule has 1 saturated heterocycles. The summed E-state index contributed by atoms with van der Waals surface area (Å²) in [7, 11) is 0. The van der Waals surface area contributed by atoms with Crippen LogP contribution < -0.4 is 10.2 Å². The topological polar surface area (TPSA) is 56.9 Å². The maximum atomic E-state index is 13.8. The molecule has 0 radical (unpaired) electrons. The van der Waals surface area contributed by atoms with Crippen LogP contribution in [0.4, 0.5) is 4.39 Å². The SMILES string of the molecule is Cl.Fc1ccc(Cl)c(COn2ccc3ncc(-c4cnn(C5CCNCC5)c4)cc32)c1Cl. The Balaban J connectivity index is 0.00000245. The molecule has 6 nitrogen and oxygen atoms in total. The predicted molar refractivity (Wildman–Crippen MR) is 126 cm³/mol. The van der Waals surface area contributed by atoms with Crippen molar-refractivity contribution in [3.8, 4) is 11.1 Å². The lowest BCUT2D eigenvalue weighted by Gasteiger charge is -2.22. The number of rotatable bonds is 5. The van der Waals surface area contributed by atoms with Gasteiger partial charge in [0.15, 0.2) is 0 Å². The average Bonchev–Trinajstić information content (AvgIpc) is 3.44. The Bertz CT molecular complexity index is 1240. The fourth-order valence-corrected chi connectivity index (χ4v) is 4.33. The van der Waals surface area contributed by atoms with Crippen LogP contribution >= 0.6 is 35.6 Å². The van der Waals surface area contributed by atoms with Crippen LogP contribution in [0.2, 0.25) is 10.0 Å². The molecular weight excluding hydrogens is 476 g/mol. The molecule has 4 aromatic rings. The van der Waals surface area contributed by atoms with E-state index in [0.29, 0.717) is 16.6 Å². The summed E-state index contributed by atoms with van der Waals surface area (Å²) in [6, 6.07) is 6.97. The number of fused-ring (bicyclic) bond motifs is 1. The van der Waals surface area contributed by atoms with Gasteiger partial charge in [0.1, 0.15) is 17.9 Å². The first-order chi connectivity index (χ1) is 15.1. The van der Waals surface area contributed by atoms with E-state index >= 15 is 0 Å². The molecule has 10 heteroatoms. The molecule has 4 heterocycles. The molecule has 0 spiro atoms. The van der Waals surface area contributed by atoms with Gasteiger partial charge >= 0.3 is 0 Å². The van der Waals surface area contributed by atoms with Crippen LogP contribution in [0, 0.1) is 5.82 Å². The second kappa shape index (κ2) is 9.67. The summed E-state index contributed by atoms with van der Waals surface area (Å²) in [5.41, 5.74) is 3.91. The first-order valence-corrected chi connectivity index (χ1v) is 10.8. The van der Waals surface area contributed by atoms with E-state index in [1.54, 1.807) is 10.9 Å². The number of piperidine rings is 1. The zero-order valence-corrected chi connectivity index (χ0v) is 19.3. The minimum Gasteiger partial charge on any atom is -0.409 e. The van der Waals surface area contributed by atoms with E-state index in [9.17, 15) is 4.39 Å². The Morgan fingerprint density at radius 2 is 1.94 bits per heavy atom. The van der Waals surface area contributed by atoms with E-state index in [-0.39, 0.29) is 24.0 Å². The van der Waals surface area contributed by atoms with Crippen molar-refractivity contribution in [2.45, 2.75) is 25.5 Å². The van der Waals surface area contributed by atoms with Crippen LogP contribution in [-0.2, 0) is 6.61 Å². The monoisotopic (exact) mass is 495 g/mol. The van der Waals surface area contributed by atoms with E-state index in [1.807, 2.05) is 29.2 Å². The van der Waals surface area contributed by atoms with Gasteiger partial charge in [-0.15, -0.1) is 12.4 Å². The zero-order valence-electron chi connectivity index (χ0n) is 17.0. The van der Waals surface area contributed by atoms with Gasteiger partial charge in [0, 0.05) is 40.3 Å². The molecule has 3 aromatic heterocycles. The van der Waals surface area contributed by atoms with Gasteiger partial charge in [-0.05, 0) is 50.2 Å². The Hall–Kier alpha value is -2.32. The highest BCUT2D eigenvalue weighted by Crippen LogP contribution is 2.29. The average molecular weight is 497 g/mol. The number of pyridine rings is 1. The summed E-state index contributed by atoms with van der Waals surface area (Å²) in [5, 5.41) is 8.26. The lowest BCUT2D eigenvalue weighted by Crippen LogP contribution is -2.29. The third-order valence-electron chi connectivity index (χ3n) is 5.61. The molecular formula is C22H21Cl3FN5O. The molecule has 1 aliphatic rings. The third-order valence-corrected chi connectivity index (χ3v) is 6.37. The van der Waals surface area contributed by atoms with Crippen molar-refractivity contribution in [3.05, 3.63) is 70.5 Å². The highest BCUT2D eigenvalue weighted by atomic mass is 35.5. The maximum absolute atomic E-state index is 13.8. The highest BCUT2D eigenvalue weighted by Gasteiger charge is 2.17. The molecule has 1 fully saturated rings. The van der Waals surface area contributed by atoms with Gasteiger partial charge in [0.2, 0.25) is 0 Å². The Labute approximate surface area is 200 Å². The van der Waals surface area contributed by atoms with Crippen molar-refractivity contribution in [1.29, 1.82) is 0 Å². The number of aromatic nitrogens is 4. The Kier molecular flexibility index (Phi) is 6.90. The zero-order chi connectivity index (χ0) is 21.4. The van der Waals surface area contributed by atoms with E-state index < -0.39 is 5.82 Å². The van der Waals surface area contributed by atoms with Crippen molar-refractivity contribution < 1.29 is 9.23 Å². The Morgan fingerprint density at radius 3 is 2.75 bits per heavy atom. The summed E-state index contributed by atoms with van der Waals surface area (Å²) < 4.78 is 17.4. The number of nitrogens with zero attached hydrogens (tertiary/aromatic N) is 4. The van der Waals surface area contributed by atoms with Gasteiger partial charge in [0.25, 0.3) is 0 Å². The van der Waals surface area contributed by atoms with Gasteiger partial charge in [-0.3, -0.25) is 9.67 Å². The lowest BCUT2D eigenvalue weighted by molar-refractivity contribution is 0.107. The summed E-state index contributed by atoms with van der Waals surface area (Å²) in [5.74, 6) is -0.531. The molecule has 1 N–H and O–H groups in total. The molecule has 0 atom stereocenters. The molecule has 0 unspecified atom stereocenters. The minimum atomic E-state index is -0.531. The smallest absolute Gasteiger partial charge is 0.143 e. The summed E-state index contributed by atoms with van der Waals surface area (Å²) in [6.07, 6.45) is 9.67. The molecule has 5 rings (SSSR count). The first kappa shape index (κ1) is 22.9. The molecule has 1 aromatic carbocycles. The van der Waals surface area contributed by atoms with E-state index in [1.165, 1.54) is 12.1 Å². The molecule has 0 aliphatic carbocycles. The second-order valence-corrected chi connectivity index (χ2v) is 8.34. The summed E-state index contributed by atoms with van der Waals surface area (Å²) in [6.45, 7) is 2.05. The van der Waals surface area contributed by atoms with Crippen molar-refractivity contribution in [2.75, 3.05) is 13.1 Å². The van der Waals surface area contributed by atoms with Gasteiger partial charge in [-0.2, -0.15) is 9.83 Å². The van der Waals surface area contributed by atoms with Crippen LogP contribution in [0.1, 0.15) is 24.4 Å². The molecule has 0 amide bonds. The predicted octanol–water partition coefficient (Wildman–Crippen LogP) is 5.32. The molecule has 0 saturated carbocycles. The van der Waals surface area contributed by atoms with E-state index in [4.69, 9.17) is 28.0 Å². The molecule has 1 aliphatic heterocycles. The van der Waals surface area contributed by atoms with Gasteiger partial charge in [0.05, 0.1) is 22.8 Å². The minimum absolute atomic E-state index is 0.